The third kappa shape index (κ3) is 7.02. The van der Waals surface area contributed by atoms with Crippen molar-refractivity contribution in [3.8, 4) is 0 Å². The molecule has 1 aromatic heterocycles. The second-order valence-corrected chi connectivity index (χ2v) is 9.37. The predicted octanol–water partition coefficient (Wildman–Crippen LogP) is 5.80. The first-order chi connectivity index (χ1) is 17.5. The molecule has 0 saturated heterocycles. The lowest BCUT2D eigenvalue weighted by Crippen LogP contribution is -2.45. The molecule has 0 unspecified atom stereocenters. The van der Waals surface area contributed by atoms with Gasteiger partial charge in [0.1, 0.15) is 17.6 Å². The zero-order chi connectivity index (χ0) is 25.3. The van der Waals surface area contributed by atoms with E-state index in [1.165, 1.54) is 11.6 Å². The summed E-state index contributed by atoms with van der Waals surface area (Å²) in [5, 5.41) is 5.70. The molecule has 0 bridgehead atoms. The number of aryl methyl sites for hydroxylation is 1. The normalized spacial score (nSPS) is 11.5. The maximum absolute atomic E-state index is 13.3. The van der Waals surface area contributed by atoms with Gasteiger partial charge in [-0.25, -0.2) is 9.37 Å². The molecule has 0 aliphatic heterocycles. The molecule has 5 nitrogen and oxygen atoms in total. The average Bonchev–Trinajstić information content (AvgIpc) is 2.90. The number of hydrogen-bond acceptors (Lipinski definition) is 4. The number of hydrogen-bond donors (Lipinski definition) is 2. The lowest BCUT2D eigenvalue weighted by Gasteiger charge is -2.19. The number of rotatable bonds is 9. The molecule has 0 fully saturated rings. The Balaban J connectivity index is 1.46. The van der Waals surface area contributed by atoms with Crippen LogP contribution < -0.4 is 10.6 Å². The van der Waals surface area contributed by atoms with Crippen molar-refractivity contribution in [2.24, 2.45) is 0 Å². The summed E-state index contributed by atoms with van der Waals surface area (Å²) in [5.74, 6) is -0.572. The fourth-order valence-corrected chi connectivity index (χ4v) is 4.58. The van der Waals surface area contributed by atoms with E-state index in [-0.39, 0.29) is 11.6 Å². The molecule has 182 valence electrons. The third-order valence-corrected chi connectivity index (χ3v) is 6.63. The number of pyridine rings is 1. The van der Waals surface area contributed by atoms with E-state index < -0.39 is 17.8 Å². The van der Waals surface area contributed by atoms with Crippen LogP contribution >= 0.6 is 11.8 Å². The van der Waals surface area contributed by atoms with Gasteiger partial charge in [-0.15, -0.1) is 11.8 Å². The van der Waals surface area contributed by atoms with Crippen LogP contribution in [-0.2, 0) is 17.0 Å². The van der Waals surface area contributed by atoms with E-state index in [2.05, 4.69) is 27.8 Å². The molecule has 0 aliphatic carbocycles. The van der Waals surface area contributed by atoms with Crippen LogP contribution in [0.4, 0.5) is 10.1 Å². The summed E-state index contributed by atoms with van der Waals surface area (Å²) in [7, 11) is 0. The van der Waals surface area contributed by atoms with Crippen LogP contribution in [0.3, 0.4) is 0 Å². The van der Waals surface area contributed by atoms with Crippen LogP contribution in [0.5, 0.6) is 0 Å². The largest absolute Gasteiger partial charge is 0.339 e. The standard InChI is InChI=1S/C29H26FN3O2S/c1-20-16-24(36-19-22-10-6-3-7-11-22)13-15-25(20)32-29(35)27(17-21-8-4-2-5-9-21)33-28(34)26-14-12-23(30)18-31-26/h2-16,18,27H,17,19H2,1H3,(H,32,35)(H,33,34)/t27-/m0/s1. The van der Waals surface area contributed by atoms with Gasteiger partial charge in [-0.2, -0.15) is 0 Å². The molecule has 0 spiro atoms. The highest BCUT2D eigenvalue weighted by Gasteiger charge is 2.23. The molecule has 4 aromatic rings. The summed E-state index contributed by atoms with van der Waals surface area (Å²) in [5.41, 5.74) is 3.78. The minimum atomic E-state index is -0.849. The average molecular weight is 500 g/mol. The number of nitrogens with zero attached hydrogens (tertiary/aromatic N) is 1. The molecular weight excluding hydrogens is 473 g/mol. The van der Waals surface area contributed by atoms with Gasteiger partial charge in [0, 0.05) is 22.8 Å². The third-order valence-electron chi connectivity index (χ3n) is 5.57. The topological polar surface area (TPSA) is 71.1 Å². The summed E-state index contributed by atoms with van der Waals surface area (Å²) < 4.78 is 13.2. The molecule has 0 saturated carbocycles. The second-order valence-electron chi connectivity index (χ2n) is 8.32. The molecule has 4 rings (SSSR count). The molecule has 0 aliphatic rings. The Morgan fingerprint density at radius 2 is 1.61 bits per heavy atom. The van der Waals surface area contributed by atoms with E-state index in [1.54, 1.807) is 11.8 Å². The predicted molar refractivity (Wildman–Crippen MR) is 141 cm³/mol. The van der Waals surface area contributed by atoms with Crippen molar-refractivity contribution in [2.75, 3.05) is 5.32 Å². The zero-order valence-corrected chi connectivity index (χ0v) is 20.6. The van der Waals surface area contributed by atoms with Gasteiger partial charge in [0.15, 0.2) is 0 Å². The van der Waals surface area contributed by atoms with Crippen LogP contribution in [0, 0.1) is 12.7 Å². The monoisotopic (exact) mass is 499 g/mol. The molecule has 1 atom stereocenters. The number of amides is 2. The van der Waals surface area contributed by atoms with Crippen molar-refractivity contribution < 1.29 is 14.0 Å². The number of benzene rings is 3. The second kappa shape index (κ2) is 12.1. The van der Waals surface area contributed by atoms with E-state index in [0.717, 1.165) is 34.0 Å². The van der Waals surface area contributed by atoms with Crippen molar-refractivity contribution >= 4 is 29.3 Å². The van der Waals surface area contributed by atoms with E-state index >= 15 is 0 Å². The van der Waals surface area contributed by atoms with Crippen LogP contribution in [-0.4, -0.2) is 22.8 Å². The minimum Gasteiger partial charge on any atom is -0.339 e. The van der Waals surface area contributed by atoms with Gasteiger partial charge in [0.2, 0.25) is 5.91 Å². The Morgan fingerprint density at radius 3 is 2.25 bits per heavy atom. The number of nitrogens with one attached hydrogen (secondary N) is 2. The highest BCUT2D eigenvalue weighted by atomic mass is 32.2. The van der Waals surface area contributed by atoms with Crippen molar-refractivity contribution in [3.63, 3.8) is 0 Å². The molecule has 36 heavy (non-hydrogen) atoms. The van der Waals surface area contributed by atoms with Crippen molar-refractivity contribution in [3.05, 3.63) is 125 Å². The summed E-state index contributed by atoms with van der Waals surface area (Å²) in [6.07, 6.45) is 1.27. The van der Waals surface area contributed by atoms with Gasteiger partial charge in [0.25, 0.3) is 5.91 Å². The number of anilines is 1. The molecule has 7 heteroatoms. The van der Waals surface area contributed by atoms with E-state index in [4.69, 9.17) is 0 Å². The fourth-order valence-electron chi connectivity index (χ4n) is 3.63. The molecule has 2 N–H and O–H groups in total. The summed E-state index contributed by atoms with van der Waals surface area (Å²) >= 11 is 1.73. The van der Waals surface area contributed by atoms with Crippen LogP contribution in [0.1, 0.15) is 27.2 Å². The lowest BCUT2D eigenvalue weighted by atomic mass is 10.0. The Hall–Kier alpha value is -3.97. The van der Waals surface area contributed by atoms with Crippen molar-refractivity contribution in [1.82, 2.24) is 10.3 Å². The molecule has 2 amide bonds. The Labute approximate surface area is 214 Å². The first-order valence-corrected chi connectivity index (χ1v) is 12.5. The highest BCUT2D eigenvalue weighted by Crippen LogP contribution is 2.27. The van der Waals surface area contributed by atoms with Gasteiger partial charge < -0.3 is 10.6 Å². The zero-order valence-electron chi connectivity index (χ0n) is 19.8. The van der Waals surface area contributed by atoms with Gasteiger partial charge in [-0.05, 0) is 53.9 Å². The van der Waals surface area contributed by atoms with Gasteiger partial charge in [-0.3, -0.25) is 9.59 Å². The van der Waals surface area contributed by atoms with Crippen LogP contribution in [0.2, 0.25) is 0 Å². The van der Waals surface area contributed by atoms with E-state index in [1.807, 2.05) is 73.7 Å². The highest BCUT2D eigenvalue weighted by molar-refractivity contribution is 7.98. The first-order valence-electron chi connectivity index (χ1n) is 11.5. The molecule has 1 heterocycles. The maximum Gasteiger partial charge on any atom is 0.270 e. The number of halogens is 1. The summed E-state index contributed by atoms with van der Waals surface area (Å²) in [4.78, 5) is 30.9. The Bertz CT molecular complexity index is 1320. The SMILES string of the molecule is Cc1cc(SCc2ccccc2)ccc1NC(=O)[C@H](Cc1ccccc1)NC(=O)c1ccc(F)cn1. The minimum absolute atomic E-state index is 0.0400. The van der Waals surface area contributed by atoms with Crippen LogP contribution in [0.15, 0.2) is 102 Å². The van der Waals surface area contributed by atoms with E-state index in [9.17, 15) is 14.0 Å². The fraction of sp³-hybridized carbons (Fsp3) is 0.138. The van der Waals surface area contributed by atoms with Crippen molar-refractivity contribution in [2.45, 2.75) is 30.0 Å². The number of aromatic nitrogens is 1. The molecular formula is C29H26FN3O2S. The number of thioether (sulfide) groups is 1. The first kappa shape index (κ1) is 25.1. The summed E-state index contributed by atoms with van der Waals surface area (Å²) in [6, 6.07) is 27.2. The Kier molecular flexibility index (Phi) is 8.47. The maximum atomic E-state index is 13.3. The molecule has 0 radical (unpaired) electrons. The van der Waals surface area contributed by atoms with Gasteiger partial charge in [0.05, 0.1) is 6.20 Å². The Morgan fingerprint density at radius 1 is 0.917 bits per heavy atom. The van der Waals surface area contributed by atoms with E-state index in [0.29, 0.717) is 12.1 Å². The quantitative estimate of drug-likeness (QED) is 0.286. The van der Waals surface area contributed by atoms with Crippen molar-refractivity contribution in [1.29, 1.82) is 0 Å². The van der Waals surface area contributed by atoms with Crippen LogP contribution in [0.25, 0.3) is 0 Å². The van der Waals surface area contributed by atoms with Gasteiger partial charge in [-0.1, -0.05) is 60.7 Å². The lowest BCUT2D eigenvalue weighted by molar-refractivity contribution is -0.118. The smallest absolute Gasteiger partial charge is 0.270 e. The molecule has 3 aromatic carbocycles. The number of carbonyl (C=O) groups is 2. The van der Waals surface area contributed by atoms with Gasteiger partial charge >= 0.3 is 0 Å². The summed E-state index contributed by atoms with van der Waals surface area (Å²) in [6.45, 7) is 1.94. The number of carbonyl (C=O) groups excluding carboxylic acids is 2.